The molecule has 0 aromatic carbocycles. The molecule has 0 amide bonds. The average molecular weight is 258 g/mol. The summed E-state index contributed by atoms with van der Waals surface area (Å²) < 4.78 is 11.0. The predicted octanol–water partition coefficient (Wildman–Crippen LogP) is 1.08. The van der Waals surface area contributed by atoms with Crippen molar-refractivity contribution < 1.29 is 19.4 Å². The zero-order valence-electron chi connectivity index (χ0n) is 10.8. The van der Waals surface area contributed by atoms with E-state index in [0.29, 0.717) is 13.2 Å². The number of aliphatic carboxylic acids is 1. The molecule has 1 heterocycles. The molecule has 1 fully saturated rings. The number of nitrogens with two attached hydrogens (primary N) is 1. The summed E-state index contributed by atoms with van der Waals surface area (Å²) >= 11 is 0. The van der Waals surface area contributed by atoms with Crippen LogP contribution in [0.15, 0.2) is 11.8 Å². The first-order valence-corrected chi connectivity index (χ1v) is 6.23. The van der Waals surface area contributed by atoms with Crippen LogP contribution in [-0.2, 0) is 14.3 Å². The van der Waals surface area contributed by atoms with Gasteiger partial charge in [-0.05, 0) is 26.2 Å². The molecule has 0 saturated carbocycles. The molecule has 3 N–H and O–H groups in total. The maximum Gasteiger partial charge on any atom is 0.307 e. The lowest BCUT2D eigenvalue weighted by atomic mass is 10.2. The van der Waals surface area contributed by atoms with Crippen molar-refractivity contribution in [2.75, 3.05) is 19.8 Å². The molecule has 18 heavy (non-hydrogen) atoms. The van der Waals surface area contributed by atoms with Crippen molar-refractivity contribution in [2.45, 2.75) is 38.9 Å². The van der Waals surface area contributed by atoms with Crippen LogP contribution >= 0.6 is 0 Å². The highest BCUT2D eigenvalue weighted by Crippen LogP contribution is 2.13. The first kappa shape index (κ1) is 14.9. The van der Waals surface area contributed by atoms with Crippen LogP contribution in [0, 0.1) is 0 Å². The highest BCUT2D eigenvalue weighted by molar-refractivity contribution is 5.68. The first-order valence-electron chi connectivity index (χ1n) is 6.23. The summed E-state index contributed by atoms with van der Waals surface area (Å²) in [5, 5.41) is 10.0. The third kappa shape index (κ3) is 6.00. The van der Waals surface area contributed by atoms with Crippen molar-refractivity contribution in [1.29, 1.82) is 0 Å². The molecule has 1 atom stereocenters. The van der Waals surface area contributed by atoms with Gasteiger partial charge in [0.15, 0.2) is 6.29 Å². The monoisotopic (exact) mass is 258 g/mol. The van der Waals surface area contributed by atoms with Gasteiger partial charge in [-0.1, -0.05) is 6.08 Å². The molecule has 1 saturated heterocycles. The van der Waals surface area contributed by atoms with Crippen LogP contribution in [-0.4, -0.2) is 42.1 Å². The molecule has 1 rings (SSSR count). The summed E-state index contributed by atoms with van der Waals surface area (Å²) in [6, 6.07) is 0. The van der Waals surface area contributed by atoms with Crippen LogP contribution in [0.3, 0.4) is 0 Å². The Hall–Kier alpha value is -1.11. The smallest absolute Gasteiger partial charge is 0.307 e. The summed E-state index contributed by atoms with van der Waals surface area (Å²) in [5.74, 6) is 4.90. The van der Waals surface area contributed by atoms with Crippen LogP contribution < -0.4 is 5.84 Å². The molecule has 0 spiro atoms. The summed E-state index contributed by atoms with van der Waals surface area (Å²) in [4.78, 5) is 10.4. The van der Waals surface area contributed by atoms with E-state index in [-0.39, 0.29) is 12.7 Å². The minimum absolute atomic E-state index is 0.0217. The Morgan fingerprint density at radius 1 is 1.61 bits per heavy atom. The molecule has 6 heteroatoms. The Morgan fingerprint density at radius 3 is 3.00 bits per heavy atom. The fourth-order valence-electron chi connectivity index (χ4n) is 1.65. The van der Waals surface area contributed by atoms with E-state index in [9.17, 15) is 4.79 Å². The second-order valence-electron chi connectivity index (χ2n) is 4.30. The van der Waals surface area contributed by atoms with Gasteiger partial charge in [-0.2, -0.15) is 0 Å². The summed E-state index contributed by atoms with van der Waals surface area (Å²) in [7, 11) is 0. The van der Waals surface area contributed by atoms with Crippen LogP contribution in [0.5, 0.6) is 0 Å². The number of rotatable bonds is 7. The summed E-state index contributed by atoms with van der Waals surface area (Å²) in [6.07, 6.45) is 4.61. The highest BCUT2D eigenvalue weighted by atomic mass is 16.7. The molecule has 1 aliphatic heterocycles. The minimum Gasteiger partial charge on any atom is -0.481 e. The van der Waals surface area contributed by atoms with E-state index in [4.69, 9.17) is 20.4 Å². The fraction of sp³-hybridized carbons (Fsp3) is 0.750. The topological polar surface area (TPSA) is 85.0 Å². The van der Waals surface area contributed by atoms with Gasteiger partial charge in [0.25, 0.3) is 0 Å². The second kappa shape index (κ2) is 8.07. The normalized spacial score (nSPS) is 20.8. The minimum atomic E-state index is -0.866. The molecule has 0 radical (unpaired) electrons. The molecule has 1 aliphatic rings. The zero-order valence-corrected chi connectivity index (χ0v) is 10.8. The molecule has 0 aliphatic carbocycles. The van der Waals surface area contributed by atoms with Crippen molar-refractivity contribution in [3.8, 4) is 0 Å². The third-order valence-electron chi connectivity index (χ3n) is 2.80. The van der Waals surface area contributed by atoms with E-state index < -0.39 is 5.97 Å². The molecule has 0 bridgehead atoms. The van der Waals surface area contributed by atoms with Gasteiger partial charge in [0.05, 0.1) is 19.6 Å². The van der Waals surface area contributed by atoms with Crippen molar-refractivity contribution in [3.05, 3.63) is 11.8 Å². The van der Waals surface area contributed by atoms with Gasteiger partial charge in [-0.3, -0.25) is 4.79 Å². The molecule has 0 aromatic rings. The van der Waals surface area contributed by atoms with E-state index in [2.05, 4.69) is 0 Å². The number of ether oxygens (including phenoxy) is 2. The van der Waals surface area contributed by atoms with Crippen LogP contribution in [0.1, 0.15) is 32.6 Å². The summed E-state index contributed by atoms with van der Waals surface area (Å²) in [6.45, 7) is 3.52. The lowest BCUT2D eigenvalue weighted by molar-refractivity contribution is -0.163. The first-order chi connectivity index (χ1) is 8.59. The van der Waals surface area contributed by atoms with E-state index in [0.717, 1.165) is 31.6 Å². The molecule has 104 valence electrons. The van der Waals surface area contributed by atoms with Gasteiger partial charge in [0, 0.05) is 12.3 Å². The van der Waals surface area contributed by atoms with Crippen molar-refractivity contribution in [2.24, 2.45) is 5.84 Å². The molecule has 6 nitrogen and oxygen atoms in total. The molecular weight excluding hydrogens is 236 g/mol. The predicted molar refractivity (Wildman–Crippen MR) is 66.4 cm³/mol. The van der Waals surface area contributed by atoms with E-state index >= 15 is 0 Å². The molecule has 0 aromatic heterocycles. The Balaban J connectivity index is 2.17. The number of hydrogen-bond acceptors (Lipinski definition) is 5. The van der Waals surface area contributed by atoms with Gasteiger partial charge < -0.3 is 19.6 Å². The maximum atomic E-state index is 10.4. The number of carboxylic acid groups (broad SMARTS) is 1. The number of hydrazine groups is 1. The zero-order chi connectivity index (χ0) is 13.4. The van der Waals surface area contributed by atoms with Crippen molar-refractivity contribution in [3.63, 3.8) is 0 Å². The van der Waals surface area contributed by atoms with E-state index in [1.165, 1.54) is 5.01 Å². The Morgan fingerprint density at radius 2 is 2.39 bits per heavy atom. The largest absolute Gasteiger partial charge is 0.481 e. The quantitative estimate of drug-likeness (QED) is 0.525. The number of nitrogens with zero attached hydrogens (tertiary/aromatic N) is 1. The Kier molecular flexibility index (Phi) is 6.70. The van der Waals surface area contributed by atoms with Crippen LogP contribution in [0.25, 0.3) is 0 Å². The maximum absolute atomic E-state index is 10.4. The molecular formula is C12H22N2O4. The van der Waals surface area contributed by atoms with Crippen molar-refractivity contribution >= 4 is 5.97 Å². The lowest BCUT2D eigenvalue weighted by Gasteiger charge is -2.25. The Bertz CT molecular complexity index is 288. The van der Waals surface area contributed by atoms with Crippen LogP contribution in [0.4, 0.5) is 0 Å². The number of carboxylic acids is 1. The summed E-state index contributed by atoms with van der Waals surface area (Å²) in [5.41, 5.74) is 0.727. The van der Waals surface area contributed by atoms with Gasteiger partial charge in [0.1, 0.15) is 0 Å². The fourth-order valence-corrected chi connectivity index (χ4v) is 1.65. The lowest BCUT2D eigenvalue weighted by Crippen LogP contribution is -2.34. The van der Waals surface area contributed by atoms with E-state index in [1.807, 2.05) is 0 Å². The second-order valence-corrected chi connectivity index (χ2v) is 4.30. The van der Waals surface area contributed by atoms with Gasteiger partial charge >= 0.3 is 5.97 Å². The number of carbonyl (C=O) groups is 1. The number of hydrogen-bond donors (Lipinski definition) is 2. The van der Waals surface area contributed by atoms with Gasteiger partial charge in [-0.15, -0.1) is 0 Å². The average Bonchev–Trinajstić information content (AvgIpc) is 2.37. The standard InChI is InChI=1S/C12H22N2O4/c1-10(5-6-11(15)16)14(13)7-9-18-12-4-2-3-8-17-12/h5,12H,2-4,6-9,13H2,1H3,(H,15,16)/b10-5-. The molecule has 1 unspecified atom stereocenters. The van der Waals surface area contributed by atoms with E-state index in [1.54, 1.807) is 13.0 Å². The highest BCUT2D eigenvalue weighted by Gasteiger charge is 2.13. The van der Waals surface area contributed by atoms with Gasteiger partial charge in [0.2, 0.25) is 0 Å². The van der Waals surface area contributed by atoms with Crippen LogP contribution in [0.2, 0.25) is 0 Å². The van der Waals surface area contributed by atoms with Gasteiger partial charge in [-0.25, -0.2) is 5.84 Å². The van der Waals surface area contributed by atoms with Crippen molar-refractivity contribution in [1.82, 2.24) is 5.01 Å². The number of allylic oxidation sites excluding steroid dienone is 1. The SMILES string of the molecule is C/C(=C/CC(=O)O)N(N)CCOC1CCCCO1. The Labute approximate surface area is 107 Å². The third-order valence-corrected chi connectivity index (χ3v) is 2.80.